The van der Waals surface area contributed by atoms with Crippen LogP contribution < -0.4 is 5.32 Å². The number of aliphatic hydroxyl groups excluding tert-OH is 2. The quantitative estimate of drug-likeness (QED) is 0.179. The Labute approximate surface area is 198 Å². The zero-order chi connectivity index (χ0) is 24.4. The van der Waals surface area contributed by atoms with E-state index in [4.69, 9.17) is 30.6 Å². The molecule has 33 heavy (non-hydrogen) atoms. The second-order valence-corrected chi connectivity index (χ2v) is 13.0. The van der Waals surface area contributed by atoms with E-state index in [-0.39, 0.29) is 16.9 Å². The predicted octanol–water partition coefficient (Wildman–Crippen LogP) is 2.45. The molecule has 2 aromatic rings. The summed E-state index contributed by atoms with van der Waals surface area (Å²) in [4.78, 5) is 35.8. The normalized spacial score (nSPS) is 20.0. The summed E-state index contributed by atoms with van der Waals surface area (Å²) in [6.07, 6.45) is -0.185. The summed E-state index contributed by atoms with van der Waals surface area (Å²) in [7, 11) is -8.28. The fraction of sp³-hybridized carbons (Fsp3) is 0.647. The summed E-state index contributed by atoms with van der Waals surface area (Å²) in [6.45, 7) is -0.700. The van der Waals surface area contributed by atoms with Crippen molar-refractivity contribution in [2.75, 3.05) is 24.9 Å². The maximum atomic E-state index is 11.9. The zero-order valence-corrected chi connectivity index (χ0v) is 20.9. The molecule has 186 valence electrons. The van der Waals surface area contributed by atoms with Crippen LogP contribution in [0.1, 0.15) is 37.4 Å². The fourth-order valence-corrected chi connectivity index (χ4v) is 7.36. The van der Waals surface area contributed by atoms with E-state index in [1.807, 2.05) is 0 Å². The highest BCUT2D eigenvalue weighted by Crippen LogP contribution is 2.55. The lowest BCUT2D eigenvalue weighted by molar-refractivity contribution is -0.0906. The van der Waals surface area contributed by atoms with Crippen molar-refractivity contribution in [1.29, 1.82) is 0 Å². The molecule has 1 aliphatic carbocycles. The molecular weight excluding hydrogens is 520 g/mol. The molecule has 1 aliphatic rings. The second kappa shape index (κ2) is 10.9. The maximum Gasteiger partial charge on any atom is 0.340 e. The molecule has 4 atom stereocenters. The molecule has 2 heterocycles. The highest BCUT2D eigenvalue weighted by Gasteiger charge is 2.35. The van der Waals surface area contributed by atoms with Gasteiger partial charge in [-0.1, -0.05) is 12.8 Å². The lowest BCUT2D eigenvalue weighted by Gasteiger charge is -2.26. The number of hydrogen-bond acceptors (Lipinski definition) is 10. The van der Waals surface area contributed by atoms with E-state index in [1.54, 1.807) is 5.38 Å². The number of thiophene rings is 1. The summed E-state index contributed by atoms with van der Waals surface area (Å²) in [6, 6.07) is 0.262. The van der Waals surface area contributed by atoms with Crippen molar-refractivity contribution in [3.05, 3.63) is 16.2 Å². The summed E-state index contributed by atoms with van der Waals surface area (Å²) < 4.78 is 33.3. The van der Waals surface area contributed by atoms with Gasteiger partial charge in [0.25, 0.3) is 0 Å². The number of halogens is 1. The Morgan fingerprint density at radius 3 is 2.52 bits per heavy atom. The van der Waals surface area contributed by atoms with Crippen LogP contribution in [0, 0.1) is 0 Å². The van der Waals surface area contributed by atoms with Crippen molar-refractivity contribution in [1.82, 2.24) is 9.97 Å². The van der Waals surface area contributed by atoms with Gasteiger partial charge in [-0.2, -0.15) is 4.98 Å². The van der Waals surface area contributed by atoms with Crippen LogP contribution in [0.3, 0.4) is 0 Å². The molecule has 1 fully saturated rings. The Balaban J connectivity index is 1.77. The number of nitrogens with zero attached hydrogens (tertiary/aromatic N) is 2. The lowest BCUT2D eigenvalue weighted by atomic mass is 10.0. The molecule has 16 heteroatoms. The Morgan fingerprint density at radius 2 is 1.91 bits per heavy atom. The number of fused-ring (bicyclic) bond motifs is 1. The van der Waals surface area contributed by atoms with Gasteiger partial charge in [0.05, 0.1) is 16.8 Å². The number of ether oxygens (including phenoxy) is 1. The van der Waals surface area contributed by atoms with Crippen LogP contribution >= 0.6 is 38.1 Å². The van der Waals surface area contributed by atoms with Crippen molar-refractivity contribution >= 4 is 54.2 Å². The molecule has 2 aromatic heterocycles. The third-order valence-corrected chi connectivity index (χ3v) is 9.86. The van der Waals surface area contributed by atoms with Gasteiger partial charge in [0, 0.05) is 18.7 Å². The van der Waals surface area contributed by atoms with Crippen molar-refractivity contribution in [2.24, 2.45) is 0 Å². The molecule has 0 aliphatic heterocycles. The molecule has 6 N–H and O–H groups in total. The summed E-state index contributed by atoms with van der Waals surface area (Å²) >= 11 is 7.36. The van der Waals surface area contributed by atoms with E-state index in [2.05, 4.69) is 15.3 Å². The van der Waals surface area contributed by atoms with Gasteiger partial charge in [-0.3, -0.25) is 9.13 Å². The monoisotopic (exact) mass is 545 g/mol. The zero-order valence-electron chi connectivity index (χ0n) is 17.6. The molecule has 0 spiro atoms. The molecular formula is C17H26ClN3O9P2S. The van der Waals surface area contributed by atoms with E-state index in [0.717, 1.165) is 25.7 Å². The molecule has 0 radical (unpaired) electrons. The number of hydrogen-bond donors (Lipinski definition) is 6. The molecule has 0 amide bonds. The number of anilines is 1. The highest BCUT2D eigenvalue weighted by atomic mass is 35.5. The van der Waals surface area contributed by atoms with Crippen LogP contribution in [0.25, 0.3) is 10.2 Å². The van der Waals surface area contributed by atoms with Crippen LogP contribution in [0.15, 0.2) is 5.38 Å². The Bertz CT molecular complexity index is 1060. The van der Waals surface area contributed by atoms with E-state index < -0.39 is 46.0 Å². The van der Waals surface area contributed by atoms with E-state index in [0.29, 0.717) is 16.0 Å². The molecule has 0 aromatic carbocycles. The van der Waals surface area contributed by atoms with E-state index in [1.165, 1.54) is 18.4 Å². The smallest absolute Gasteiger partial charge is 0.340 e. The van der Waals surface area contributed by atoms with Gasteiger partial charge in [0.15, 0.2) is 5.90 Å². The minimum Gasteiger partial charge on any atom is -0.387 e. The topological polar surface area (TPSA) is 192 Å². The van der Waals surface area contributed by atoms with Crippen molar-refractivity contribution in [2.45, 2.75) is 50.0 Å². The van der Waals surface area contributed by atoms with Gasteiger partial charge in [-0.05, 0) is 29.8 Å². The predicted molar refractivity (Wildman–Crippen MR) is 123 cm³/mol. The molecule has 1 unspecified atom stereocenters. The number of methoxy groups -OCH3 is 1. The van der Waals surface area contributed by atoms with Gasteiger partial charge >= 0.3 is 15.2 Å². The molecule has 1 saturated carbocycles. The fourth-order valence-electron chi connectivity index (χ4n) is 3.64. The number of rotatable bonds is 11. The van der Waals surface area contributed by atoms with Gasteiger partial charge in [-0.15, -0.1) is 11.3 Å². The molecule has 0 saturated heterocycles. The average Bonchev–Trinajstić information content (AvgIpc) is 3.35. The van der Waals surface area contributed by atoms with Crippen LogP contribution in [0.2, 0.25) is 5.28 Å². The number of aromatic nitrogens is 2. The largest absolute Gasteiger partial charge is 0.387 e. The molecule has 0 bridgehead atoms. The van der Waals surface area contributed by atoms with Crippen molar-refractivity contribution < 1.29 is 43.3 Å². The van der Waals surface area contributed by atoms with Gasteiger partial charge in [-0.25, -0.2) is 4.98 Å². The number of nitrogens with one attached hydrogen (secondary N) is 1. The SMILES string of the molecule is CO[C@H](COP(=O)(O)CP(=O)(O)O)[C@@H](O)[C@@H](O)c1csc2c(NC3CCCC3)nc(Cl)nc12. The second-order valence-electron chi connectivity index (χ2n) is 7.78. The van der Waals surface area contributed by atoms with Gasteiger partial charge < -0.3 is 39.5 Å². The Hall–Kier alpha value is -0.690. The summed E-state index contributed by atoms with van der Waals surface area (Å²) in [5, 5.41) is 26.4. The van der Waals surface area contributed by atoms with Crippen molar-refractivity contribution in [3.8, 4) is 0 Å². The van der Waals surface area contributed by atoms with Gasteiger partial charge in [0.2, 0.25) is 5.28 Å². The van der Waals surface area contributed by atoms with Crippen LogP contribution in [0.4, 0.5) is 5.82 Å². The van der Waals surface area contributed by atoms with Crippen LogP contribution in [-0.2, 0) is 18.4 Å². The average molecular weight is 546 g/mol. The first-order valence-corrected chi connectivity index (χ1v) is 14.8. The summed E-state index contributed by atoms with van der Waals surface area (Å²) in [5.41, 5.74) is 0.600. The maximum absolute atomic E-state index is 11.9. The third kappa shape index (κ3) is 7.16. The standard InChI is InChI=1S/C17H26ClN3O9P2S/c1-29-11(6-30-32(27,28)8-31(24,25)26)14(23)13(22)10-7-33-15-12(10)20-17(18)21-16(15)19-9-4-2-3-5-9/h7,9,11,13-14,22-23H,2-6,8H2,1H3,(H,27,28)(H,19,20,21)(H2,24,25,26)/t11-,13+,14-/m1/s1. The first kappa shape index (κ1) is 26.9. The lowest BCUT2D eigenvalue weighted by Crippen LogP contribution is -2.37. The Morgan fingerprint density at radius 1 is 1.24 bits per heavy atom. The van der Waals surface area contributed by atoms with Crippen LogP contribution in [0.5, 0.6) is 0 Å². The first-order valence-electron chi connectivity index (χ1n) is 10.0. The minimum absolute atomic E-state index is 0.0328. The first-order chi connectivity index (χ1) is 15.4. The van der Waals surface area contributed by atoms with Gasteiger partial charge in [0.1, 0.15) is 24.1 Å². The van der Waals surface area contributed by atoms with E-state index >= 15 is 0 Å². The highest BCUT2D eigenvalue weighted by molar-refractivity contribution is 7.70. The minimum atomic E-state index is -4.81. The Kier molecular flexibility index (Phi) is 8.91. The number of aliphatic hydroxyl groups is 2. The molecule has 3 rings (SSSR count). The van der Waals surface area contributed by atoms with Crippen LogP contribution in [-0.4, -0.2) is 72.7 Å². The summed E-state index contributed by atoms with van der Waals surface area (Å²) in [5.74, 6) is -0.837. The third-order valence-electron chi connectivity index (χ3n) is 5.24. The van der Waals surface area contributed by atoms with Crippen molar-refractivity contribution in [3.63, 3.8) is 0 Å². The van der Waals surface area contributed by atoms with E-state index in [9.17, 15) is 24.2 Å². The molecule has 12 nitrogen and oxygen atoms in total.